The van der Waals surface area contributed by atoms with Crippen molar-refractivity contribution in [2.45, 2.75) is 13.8 Å². The van der Waals surface area contributed by atoms with E-state index >= 15 is 0 Å². The van der Waals surface area contributed by atoms with E-state index in [1.807, 2.05) is 0 Å². The first-order valence-electron chi connectivity index (χ1n) is 4.26. The summed E-state index contributed by atoms with van der Waals surface area (Å²) in [7, 11) is 0. The molecule has 1 N–H and O–H groups in total. The summed E-state index contributed by atoms with van der Waals surface area (Å²) < 4.78 is 0. The van der Waals surface area contributed by atoms with E-state index in [2.05, 4.69) is 23.7 Å². The van der Waals surface area contributed by atoms with Crippen molar-refractivity contribution in [1.82, 2.24) is 5.43 Å². The smallest absolute Gasteiger partial charge is 0.203 e. The van der Waals surface area contributed by atoms with Gasteiger partial charge in [-0.25, -0.2) is 0 Å². The maximum absolute atomic E-state index is 10.9. The summed E-state index contributed by atoms with van der Waals surface area (Å²) in [4.78, 5) is 10.9. The molecular formula is C11H13N3O. The van der Waals surface area contributed by atoms with E-state index in [0.29, 0.717) is 5.70 Å². The Labute approximate surface area is 89.3 Å². The molecule has 4 nitrogen and oxygen atoms in total. The highest BCUT2D eigenvalue weighted by Crippen LogP contribution is 2.02. The van der Waals surface area contributed by atoms with Crippen LogP contribution >= 0.6 is 0 Å². The lowest BCUT2D eigenvalue weighted by Crippen LogP contribution is -2.14. The number of ketones is 1. The standard InChI is InChI=1S/C11H13N3O/c1-5-6-10(8(2)3)13-14-11(7-12)9(4)15/h5-6,13H,1-2H2,3-4H3/b10-6+,14-11+. The number of hydrogen-bond acceptors (Lipinski definition) is 4. The first-order chi connectivity index (χ1) is 7.02. The molecule has 0 radical (unpaired) electrons. The summed E-state index contributed by atoms with van der Waals surface area (Å²) in [5.41, 5.74) is 3.76. The molecule has 0 bridgehead atoms. The van der Waals surface area contributed by atoms with Crippen LogP contribution in [-0.4, -0.2) is 11.5 Å². The highest BCUT2D eigenvalue weighted by Gasteiger charge is 2.04. The molecule has 0 fully saturated rings. The van der Waals surface area contributed by atoms with Crippen LogP contribution < -0.4 is 5.43 Å². The molecule has 0 aliphatic carbocycles. The van der Waals surface area contributed by atoms with Gasteiger partial charge in [0.15, 0.2) is 5.78 Å². The maximum atomic E-state index is 10.9. The molecule has 0 unspecified atom stereocenters. The van der Waals surface area contributed by atoms with Gasteiger partial charge in [0.25, 0.3) is 0 Å². The topological polar surface area (TPSA) is 65.2 Å². The first-order valence-corrected chi connectivity index (χ1v) is 4.26. The van der Waals surface area contributed by atoms with Gasteiger partial charge in [-0.2, -0.15) is 10.4 Å². The van der Waals surface area contributed by atoms with Gasteiger partial charge < -0.3 is 0 Å². The van der Waals surface area contributed by atoms with E-state index in [0.717, 1.165) is 5.57 Å². The molecule has 0 aliphatic rings. The molecule has 0 aliphatic heterocycles. The number of allylic oxidation sites excluding steroid dienone is 3. The van der Waals surface area contributed by atoms with Crippen molar-refractivity contribution in [3.8, 4) is 6.07 Å². The van der Waals surface area contributed by atoms with Crippen molar-refractivity contribution in [1.29, 1.82) is 5.26 Å². The van der Waals surface area contributed by atoms with Gasteiger partial charge in [0.1, 0.15) is 6.07 Å². The normalized spacial score (nSPS) is 11.5. The molecule has 78 valence electrons. The number of nitrogens with one attached hydrogen (secondary N) is 1. The van der Waals surface area contributed by atoms with E-state index in [-0.39, 0.29) is 11.5 Å². The summed E-state index contributed by atoms with van der Waals surface area (Å²) in [6.07, 6.45) is 3.22. The molecule has 15 heavy (non-hydrogen) atoms. The number of hydrogen-bond donors (Lipinski definition) is 1. The van der Waals surface area contributed by atoms with Crippen LogP contribution in [-0.2, 0) is 4.79 Å². The lowest BCUT2D eigenvalue weighted by atomic mass is 10.2. The molecule has 0 atom stereocenters. The van der Waals surface area contributed by atoms with Crippen LogP contribution in [0.1, 0.15) is 13.8 Å². The molecule has 0 saturated heterocycles. The van der Waals surface area contributed by atoms with Crippen molar-refractivity contribution in [3.63, 3.8) is 0 Å². The van der Waals surface area contributed by atoms with Gasteiger partial charge in [0, 0.05) is 6.92 Å². The van der Waals surface area contributed by atoms with Crippen LogP contribution in [0.4, 0.5) is 0 Å². The summed E-state index contributed by atoms with van der Waals surface area (Å²) in [5.74, 6) is -0.385. The lowest BCUT2D eigenvalue weighted by molar-refractivity contribution is -0.111. The monoisotopic (exact) mass is 203 g/mol. The number of hydrazone groups is 1. The Morgan fingerprint density at radius 2 is 2.13 bits per heavy atom. The van der Waals surface area contributed by atoms with Crippen molar-refractivity contribution in [2.24, 2.45) is 5.10 Å². The average Bonchev–Trinajstić information content (AvgIpc) is 2.16. The predicted molar refractivity (Wildman–Crippen MR) is 60.0 cm³/mol. The van der Waals surface area contributed by atoms with E-state index in [9.17, 15) is 4.79 Å². The van der Waals surface area contributed by atoms with Gasteiger partial charge in [0.05, 0.1) is 5.70 Å². The van der Waals surface area contributed by atoms with Crippen LogP contribution in [0.2, 0.25) is 0 Å². The van der Waals surface area contributed by atoms with Gasteiger partial charge >= 0.3 is 0 Å². The van der Waals surface area contributed by atoms with Gasteiger partial charge in [-0.1, -0.05) is 19.2 Å². The lowest BCUT2D eigenvalue weighted by Gasteiger charge is -2.04. The van der Waals surface area contributed by atoms with Gasteiger partial charge in [-0.05, 0) is 18.6 Å². The minimum atomic E-state index is -0.385. The Morgan fingerprint density at radius 1 is 1.53 bits per heavy atom. The molecule has 0 aromatic rings. The number of nitriles is 1. The molecule has 0 amide bonds. The predicted octanol–water partition coefficient (Wildman–Crippen LogP) is 1.69. The zero-order valence-corrected chi connectivity index (χ0v) is 8.87. The second kappa shape index (κ2) is 6.33. The second-order valence-corrected chi connectivity index (χ2v) is 2.84. The Hall–Kier alpha value is -2.15. The minimum Gasteiger partial charge on any atom is -0.292 e. The summed E-state index contributed by atoms with van der Waals surface area (Å²) in [5, 5.41) is 12.2. The zero-order valence-electron chi connectivity index (χ0n) is 8.87. The Bertz CT molecular complexity index is 383. The Balaban J connectivity index is 4.80. The number of Topliss-reactive ketones (excluding diaryl/α,β-unsaturated/α-hetero) is 1. The average molecular weight is 203 g/mol. The molecule has 4 heteroatoms. The third-order valence-corrected chi connectivity index (χ3v) is 1.47. The quantitative estimate of drug-likeness (QED) is 0.420. The fourth-order valence-electron chi connectivity index (χ4n) is 0.691. The van der Waals surface area contributed by atoms with E-state index in [1.165, 1.54) is 6.92 Å². The van der Waals surface area contributed by atoms with Crippen LogP contribution in [0.15, 0.2) is 41.7 Å². The molecular weight excluding hydrogens is 190 g/mol. The molecule has 0 aromatic heterocycles. The number of carbonyl (C=O) groups is 1. The fourth-order valence-corrected chi connectivity index (χ4v) is 0.691. The van der Waals surface area contributed by atoms with E-state index in [4.69, 9.17) is 5.26 Å². The largest absolute Gasteiger partial charge is 0.292 e. The Morgan fingerprint density at radius 3 is 2.47 bits per heavy atom. The number of nitrogens with zero attached hydrogens (tertiary/aromatic N) is 2. The van der Waals surface area contributed by atoms with Gasteiger partial charge in [-0.15, -0.1) is 0 Å². The van der Waals surface area contributed by atoms with Gasteiger partial charge in [0.2, 0.25) is 5.71 Å². The van der Waals surface area contributed by atoms with Crippen molar-refractivity contribution in [2.75, 3.05) is 0 Å². The SMILES string of the molecule is C=C/C=C(/N/N=C(\C#N)C(C)=O)C(=C)C. The zero-order chi connectivity index (χ0) is 11.8. The van der Waals surface area contributed by atoms with Crippen LogP contribution in [0.5, 0.6) is 0 Å². The van der Waals surface area contributed by atoms with E-state index in [1.54, 1.807) is 25.1 Å². The summed E-state index contributed by atoms with van der Waals surface area (Å²) in [6, 6.07) is 1.69. The van der Waals surface area contributed by atoms with Crippen LogP contribution in [0.25, 0.3) is 0 Å². The maximum Gasteiger partial charge on any atom is 0.203 e. The fraction of sp³-hybridized carbons (Fsp3) is 0.182. The molecule has 0 aromatic carbocycles. The molecule has 0 heterocycles. The third kappa shape index (κ3) is 4.58. The number of carbonyl (C=O) groups excluding carboxylic acids is 1. The third-order valence-electron chi connectivity index (χ3n) is 1.47. The van der Waals surface area contributed by atoms with Crippen molar-refractivity contribution < 1.29 is 4.79 Å². The summed E-state index contributed by atoms with van der Waals surface area (Å²) >= 11 is 0. The summed E-state index contributed by atoms with van der Waals surface area (Å²) in [6.45, 7) is 10.3. The van der Waals surface area contributed by atoms with Crippen LogP contribution in [0, 0.1) is 11.3 Å². The molecule has 0 spiro atoms. The minimum absolute atomic E-state index is 0.175. The van der Waals surface area contributed by atoms with E-state index < -0.39 is 0 Å². The van der Waals surface area contributed by atoms with Crippen molar-refractivity contribution in [3.05, 3.63) is 36.6 Å². The van der Waals surface area contributed by atoms with Gasteiger partial charge in [-0.3, -0.25) is 10.2 Å². The first kappa shape index (κ1) is 12.8. The van der Waals surface area contributed by atoms with Crippen molar-refractivity contribution >= 4 is 11.5 Å². The van der Waals surface area contributed by atoms with Crippen LogP contribution in [0.3, 0.4) is 0 Å². The second-order valence-electron chi connectivity index (χ2n) is 2.84. The Kier molecular flexibility index (Phi) is 5.42. The number of rotatable bonds is 5. The highest BCUT2D eigenvalue weighted by atomic mass is 16.1. The molecule has 0 saturated carbocycles. The highest BCUT2D eigenvalue weighted by molar-refractivity contribution is 6.45. The molecule has 0 rings (SSSR count).